The lowest BCUT2D eigenvalue weighted by molar-refractivity contribution is 0.0468. The summed E-state index contributed by atoms with van der Waals surface area (Å²) in [6, 6.07) is 14.8. The molecule has 0 unspecified atom stereocenters. The Morgan fingerprint density at radius 3 is 2.94 bits per heavy atom. The number of nitrogens with one attached hydrogen (secondary N) is 1. The molecule has 0 aliphatic heterocycles. The lowest BCUT2D eigenvalue weighted by atomic mass is 9.95. The molecule has 1 aliphatic carbocycles. The third-order valence-corrected chi connectivity index (χ3v) is 6.95. The molecule has 1 N–H and O–H groups in total. The van der Waals surface area contributed by atoms with E-state index in [4.69, 9.17) is 4.74 Å². The first-order chi connectivity index (χ1) is 15.2. The Balaban J connectivity index is 1.27. The molecular formula is C24H19N3O3S. The predicted octanol–water partition coefficient (Wildman–Crippen LogP) is 4.63. The van der Waals surface area contributed by atoms with Crippen LogP contribution in [-0.4, -0.2) is 20.3 Å². The summed E-state index contributed by atoms with van der Waals surface area (Å²) in [7, 11) is 0. The summed E-state index contributed by atoms with van der Waals surface area (Å²) < 4.78 is 8.09. The maximum Gasteiger partial charge on any atom is 0.338 e. The lowest BCUT2D eigenvalue weighted by Gasteiger charge is -2.10. The number of H-pyrrole nitrogens is 1. The third-order valence-electron chi connectivity index (χ3n) is 5.93. The van der Waals surface area contributed by atoms with Crippen LogP contribution >= 0.6 is 11.3 Å². The molecule has 7 heteroatoms. The summed E-state index contributed by atoms with van der Waals surface area (Å²) in [5.41, 5.74) is 5.30. The zero-order valence-electron chi connectivity index (χ0n) is 16.7. The number of fused-ring (bicyclic) bond motifs is 6. The van der Waals surface area contributed by atoms with Crippen molar-refractivity contribution in [3.8, 4) is 0 Å². The number of hydrogen-bond acceptors (Lipinski definition) is 5. The Morgan fingerprint density at radius 2 is 2.00 bits per heavy atom. The van der Waals surface area contributed by atoms with Crippen LogP contribution in [0.2, 0.25) is 0 Å². The molecule has 0 amide bonds. The lowest BCUT2D eigenvalue weighted by Crippen LogP contribution is -2.15. The molecule has 0 bridgehead atoms. The Morgan fingerprint density at radius 1 is 1.13 bits per heavy atom. The van der Waals surface area contributed by atoms with Crippen molar-refractivity contribution >= 4 is 43.4 Å². The summed E-state index contributed by atoms with van der Waals surface area (Å²) in [6.07, 6.45) is 4.48. The molecule has 31 heavy (non-hydrogen) atoms. The summed E-state index contributed by atoms with van der Waals surface area (Å²) >= 11 is 1.44. The van der Waals surface area contributed by atoms with Crippen LogP contribution in [0.3, 0.4) is 0 Å². The summed E-state index contributed by atoms with van der Waals surface area (Å²) in [6.45, 7) is -0.0396. The second kappa shape index (κ2) is 7.06. The molecule has 5 aromatic rings. The van der Waals surface area contributed by atoms with E-state index in [1.165, 1.54) is 41.5 Å². The summed E-state index contributed by atoms with van der Waals surface area (Å²) in [5, 5.41) is 1.10. The molecule has 1 aliphatic rings. The van der Waals surface area contributed by atoms with Gasteiger partial charge in [0.15, 0.2) is 4.96 Å². The van der Waals surface area contributed by atoms with E-state index in [1.54, 1.807) is 10.5 Å². The van der Waals surface area contributed by atoms with Gasteiger partial charge in [0, 0.05) is 22.7 Å². The highest BCUT2D eigenvalue weighted by molar-refractivity contribution is 7.23. The maximum absolute atomic E-state index is 12.7. The number of aromatic amines is 1. The average molecular weight is 430 g/mol. The van der Waals surface area contributed by atoms with E-state index < -0.39 is 5.97 Å². The molecule has 6 rings (SSSR count). The van der Waals surface area contributed by atoms with Gasteiger partial charge in [-0.25, -0.2) is 9.78 Å². The van der Waals surface area contributed by atoms with Gasteiger partial charge in [0.1, 0.15) is 6.61 Å². The number of carbonyl (C=O) groups excluding carboxylic acids is 1. The van der Waals surface area contributed by atoms with Crippen LogP contribution in [0.1, 0.15) is 40.2 Å². The number of rotatable bonds is 3. The highest BCUT2D eigenvalue weighted by Crippen LogP contribution is 2.30. The van der Waals surface area contributed by atoms with E-state index in [1.807, 2.05) is 36.4 Å². The summed E-state index contributed by atoms with van der Waals surface area (Å²) in [5.74, 6) is -0.411. The fourth-order valence-electron chi connectivity index (χ4n) is 4.45. The Hall–Kier alpha value is -3.45. The fraction of sp³-hybridized carbons (Fsp3) is 0.208. The minimum Gasteiger partial charge on any atom is -0.456 e. The number of hydrogen-bond donors (Lipinski definition) is 1. The molecule has 154 valence electrons. The van der Waals surface area contributed by atoms with Crippen LogP contribution in [-0.2, 0) is 24.2 Å². The van der Waals surface area contributed by atoms with Gasteiger partial charge in [-0.1, -0.05) is 23.5 Å². The minimum absolute atomic E-state index is 0.0396. The number of benzene rings is 2. The van der Waals surface area contributed by atoms with Crippen LogP contribution in [0.25, 0.3) is 26.1 Å². The van der Waals surface area contributed by atoms with Gasteiger partial charge in [-0.05, 0) is 61.6 Å². The quantitative estimate of drug-likeness (QED) is 0.425. The van der Waals surface area contributed by atoms with Gasteiger partial charge in [-0.15, -0.1) is 0 Å². The molecule has 0 radical (unpaired) electrons. The molecule has 0 atom stereocenters. The Kier molecular flexibility index (Phi) is 4.17. The van der Waals surface area contributed by atoms with Crippen LogP contribution in [0.4, 0.5) is 0 Å². The number of carbonyl (C=O) groups is 1. The molecule has 0 fully saturated rings. The number of thiazole rings is 1. The van der Waals surface area contributed by atoms with E-state index in [0.717, 1.165) is 34.0 Å². The molecule has 6 nitrogen and oxygen atoms in total. The van der Waals surface area contributed by atoms with Crippen molar-refractivity contribution in [2.75, 3.05) is 0 Å². The maximum atomic E-state index is 12.7. The van der Waals surface area contributed by atoms with Gasteiger partial charge in [0.05, 0.1) is 21.5 Å². The van der Waals surface area contributed by atoms with Crippen LogP contribution in [0, 0.1) is 0 Å². The number of aryl methyl sites for hydroxylation is 2. The zero-order valence-corrected chi connectivity index (χ0v) is 17.5. The van der Waals surface area contributed by atoms with E-state index in [2.05, 4.69) is 9.97 Å². The number of esters is 1. The molecule has 0 spiro atoms. The molecule has 3 heterocycles. The molecule has 3 aromatic heterocycles. The number of nitrogens with zero attached hydrogens (tertiary/aromatic N) is 2. The highest BCUT2D eigenvalue weighted by atomic mass is 32.1. The van der Waals surface area contributed by atoms with Gasteiger partial charge in [-0.3, -0.25) is 9.20 Å². The van der Waals surface area contributed by atoms with Crippen molar-refractivity contribution in [3.05, 3.63) is 81.4 Å². The minimum atomic E-state index is -0.411. The third kappa shape index (κ3) is 3.04. The fourth-order valence-corrected chi connectivity index (χ4v) is 5.50. The average Bonchev–Trinajstić information content (AvgIpc) is 3.35. The second-order valence-electron chi connectivity index (χ2n) is 7.90. The predicted molar refractivity (Wildman–Crippen MR) is 121 cm³/mol. The van der Waals surface area contributed by atoms with Crippen molar-refractivity contribution in [1.82, 2.24) is 14.4 Å². The van der Waals surface area contributed by atoms with Crippen molar-refractivity contribution < 1.29 is 9.53 Å². The standard InChI is InChI=1S/C24H19N3O3S/c28-22-12-15(25-24-27(22)20-7-3-4-8-21(20)31-24)13-30-23(29)14-9-10-19-17(11-14)16-5-1-2-6-18(16)26-19/h3-4,7-12,26H,1-2,5-6,13H2. The molecule has 0 saturated heterocycles. The number of ether oxygens (including phenoxy) is 1. The first-order valence-corrected chi connectivity index (χ1v) is 11.2. The van der Waals surface area contributed by atoms with E-state index in [0.29, 0.717) is 16.2 Å². The Labute approximate surface area is 181 Å². The van der Waals surface area contributed by atoms with Crippen molar-refractivity contribution in [1.29, 1.82) is 0 Å². The first-order valence-electron chi connectivity index (χ1n) is 10.4. The molecule has 2 aromatic carbocycles. The van der Waals surface area contributed by atoms with Crippen molar-refractivity contribution in [3.63, 3.8) is 0 Å². The van der Waals surface area contributed by atoms with Crippen molar-refractivity contribution in [2.24, 2.45) is 0 Å². The molecular weight excluding hydrogens is 410 g/mol. The monoisotopic (exact) mass is 429 g/mol. The van der Waals surface area contributed by atoms with Crippen LogP contribution in [0.5, 0.6) is 0 Å². The SMILES string of the molecule is O=C(OCc1cc(=O)n2c(n1)sc1ccccc12)c1ccc2[nH]c3c(c2c1)CCCC3. The van der Waals surface area contributed by atoms with Crippen molar-refractivity contribution in [2.45, 2.75) is 32.3 Å². The van der Waals surface area contributed by atoms with Gasteiger partial charge in [0.2, 0.25) is 0 Å². The smallest absolute Gasteiger partial charge is 0.338 e. The highest BCUT2D eigenvalue weighted by Gasteiger charge is 2.18. The Bertz CT molecular complexity index is 1540. The second-order valence-corrected chi connectivity index (χ2v) is 8.91. The van der Waals surface area contributed by atoms with E-state index in [9.17, 15) is 9.59 Å². The number of para-hydroxylation sites is 1. The van der Waals surface area contributed by atoms with Gasteiger partial charge < -0.3 is 9.72 Å². The van der Waals surface area contributed by atoms with Gasteiger partial charge in [-0.2, -0.15) is 0 Å². The normalized spacial score (nSPS) is 13.7. The first kappa shape index (κ1) is 18.3. The van der Waals surface area contributed by atoms with E-state index in [-0.39, 0.29) is 12.2 Å². The molecule has 0 saturated carbocycles. The van der Waals surface area contributed by atoms with Crippen LogP contribution in [0.15, 0.2) is 53.3 Å². The largest absolute Gasteiger partial charge is 0.456 e. The van der Waals surface area contributed by atoms with E-state index >= 15 is 0 Å². The van der Waals surface area contributed by atoms with Gasteiger partial charge >= 0.3 is 5.97 Å². The number of aromatic nitrogens is 3. The van der Waals surface area contributed by atoms with Gasteiger partial charge in [0.25, 0.3) is 5.56 Å². The zero-order chi connectivity index (χ0) is 20.9. The summed E-state index contributed by atoms with van der Waals surface area (Å²) in [4.78, 5) is 33.9. The van der Waals surface area contributed by atoms with Crippen LogP contribution < -0.4 is 5.56 Å². The topological polar surface area (TPSA) is 76.5 Å².